The van der Waals surface area contributed by atoms with Crippen LogP contribution in [0.2, 0.25) is 0 Å². The number of aryl methyl sites for hydroxylation is 1. The largest absolute Gasteiger partial charge is 0.493 e. The van der Waals surface area contributed by atoms with Gasteiger partial charge in [0.2, 0.25) is 5.88 Å². The lowest BCUT2D eigenvalue weighted by molar-refractivity contribution is 0.0526. The fraction of sp³-hybridized carbons (Fsp3) is 0.450. The number of aliphatic hydroxyl groups excluding tert-OH is 1. The number of thiophene rings is 1. The molecule has 0 radical (unpaired) electrons. The number of hydrogen-bond acceptors (Lipinski definition) is 9. The van der Waals surface area contributed by atoms with E-state index in [0.717, 1.165) is 40.7 Å². The van der Waals surface area contributed by atoms with E-state index in [1.165, 1.54) is 18.3 Å². The Morgan fingerprint density at radius 1 is 1.33 bits per heavy atom. The highest BCUT2D eigenvalue weighted by Gasteiger charge is 2.27. The Morgan fingerprint density at radius 3 is 2.73 bits per heavy atom. The molecule has 3 rings (SSSR count). The third-order valence-corrected chi connectivity index (χ3v) is 6.14. The number of hydrogen-bond donors (Lipinski definition) is 2. The number of carbonyl (C=O) groups excluding carboxylic acids is 1. The zero-order valence-electron chi connectivity index (χ0n) is 16.8. The molecule has 0 amide bonds. The Hall–Kier alpha value is -3.03. The number of aromatic nitrogens is 1. The first-order valence-corrected chi connectivity index (χ1v) is 10.5. The van der Waals surface area contributed by atoms with Crippen molar-refractivity contribution in [1.29, 1.82) is 5.26 Å². The van der Waals surface area contributed by atoms with Crippen molar-refractivity contribution in [1.82, 2.24) is 4.57 Å². The number of rotatable bonds is 6. The SMILES string of the molecule is CCOC(=O)c1c(N=Nc2c(C)c(C#N)c(O)n(CCO)c2=O)sc2c1CCCC2. The van der Waals surface area contributed by atoms with Gasteiger partial charge in [0.1, 0.15) is 17.2 Å². The smallest absolute Gasteiger partial charge is 0.341 e. The molecule has 0 spiro atoms. The zero-order valence-corrected chi connectivity index (χ0v) is 17.6. The second kappa shape index (κ2) is 9.19. The average Bonchev–Trinajstić information content (AvgIpc) is 3.10. The number of nitriles is 1. The standard InChI is InChI=1S/C20H22N4O5S/c1-3-29-20(28)15-12-6-4-5-7-14(12)30-17(15)23-22-16-11(2)13(10-21)18(26)24(8-9-25)19(16)27/h25-26H,3-9H2,1-2H3. The van der Waals surface area contributed by atoms with Crippen molar-refractivity contribution in [3.05, 3.63) is 37.5 Å². The predicted molar refractivity (Wildman–Crippen MR) is 110 cm³/mol. The molecule has 0 aliphatic heterocycles. The van der Waals surface area contributed by atoms with Gasteiger partial charge >= 0.3 is 5.97 Å². The Labute approximate surface area is 176 Å². The quantitative estimate of drug-likeness (QED) is 0.533. The van der Waals surface area contributed by atoms with Crippen LogP contribution in [-0.2, 0) is 24.1 Å². The minimum atomic E-state index is -0.680. The molecule has 10 heteroatoms. The van der Waals surface area contributed by atoms with E-state index in [4.69, 9.17) is 4.74 Å². The van der Waals surface area contributed by atoms with Gasteiger partial charge in [0, 0.05) is 10.4 Å². The molecule has 2 N–H and O–H groups in total. The van der Waals surface area contributed by atoms with Crippen molar-refractivity contribution in [2.45, 2.75) is 46.1 Å². The summed E-state index contributed by atoms with van der Waals surface area (Å²) in [5, 5.41) is 37.3. The van der Waals surface area contributed by atoms with E-state index >= 15 is 0 Å². The first-order valence-electron chi connectivity index (χ1n) is 9.65. The summed E-state index contributed by atoms with van der Waals surface area (Å²) in [5.41, 5.74) is 0.564. The van der Waals surface area contributed by atoms with Crippen molar-refractivity contribution in [3.63, 3.8) is 0 Å². The third-order valence-electron chi connectivity index (χ3n) is 4.97. The lowest BCUT2D eigenvalue weighted by Gasteiger charge is -2.12. The minimum absolute atomic E-state index is 0.118. The molecule has 30 heavy (non-hydrogen) atoms. The van der Waals surface area contributed by atoms with E-state index in [1.54, 1.807) is 6.92 Å². The monoisotopic (exact) mass is 430 g/mol. The second-order valence-corrected chi connectivity index (χ2v) is 7.86. The van der Waals surface area contributed by atoms with Crippen LogP contribution < -0.4 is 5.56 Å². The lowest BCUT2D eigenvalue weighted by atomic mass is 9.95. The number of esters is 1. The summed E-state index contributed by atoms with van der Waals surface area (Å²) < 4.78 is 6.07. The van der Waals surface area contributed by atoms with Crippen LogP contribution in [0.25, 0.3) is 0 Å². The molecule has 2 heterocycles. The van der Waals surface area contributed by atoms with Crippen molar-refractivity contribution >= 4 is 28.0 Å². The minimum Gasteiger partial charge on any atom is -0.493 e. The number of aliphatic hydroxyl groups is 1. The summed E-state index contributed by atoms with van der Waals surface area (Å²) in [7, 11) is 0. The van der Waals surface area contributed by atoms with Gasteiger partial charge in [0.05, 0.1) is 19.8 Å². The highest BCUT2D eigenvalue weighted by atomic mass is 32.1. The molecule has 158 valence electrons. The van der Waals surface area contributed by atoms with Crippen molar-refractivity contribution in [2.24, 2.45) is 10.2 Å². The summed E-state index contributed by atoms with van der Waals surface area (Å²) in [5.74, 6) is -0.990. The van der Waals surface area contributed by atoms with Crippen LogP contribution >= 0.6 is 11.3 Å². The maximum Gasteiger partial charge on any atom is 0.341 e. The first kappa shape index (κ1) is 21.7. The van der Waals surface area contributed by atoms with Crippen LogP contribution in [0.5, 0.6) is 5.88 Å². The van der Waals surface area contributed by atoms with Crippen LogP contribution in [0, 0.1) is 18.3 Å². The van der Waals surface area contributed by atoms with Gasteiger partial charge in [-0.05, 0) is 45.1 Å². The van der Waals surface area contributed by atoms with Crippen molar-refractivity contribution in [3.8, 4) is 11.9 Å². The lowest BCUT2D eigenvalue weighted by Crippen LogP contribution is -2.23. The number of ether oxygens (including phenoxy) is 1. The van der Waals surface area contributed by atoms with Gasteiger partial charge in [0.25, 0.3) is 5.56 Å². The Kier molecular flexibility index (Phi) is 6.64. The number of nitrogens with zero attached hydrogens (tertiary/aromatic N) is 4. The van der Waals surface area contributed by atoms with Crippen LogP contribution in [0.15, 0.2) is 15.0 Å². The highest BCUT2D eigenvalue weighted by molar-refractivity contribution is 7.16. The average molecular weight is 430 g/mol. The van der Waals surface area contributed by atoms with Crippen LogP contribution in [0.4, 0.5) is 10.7 Å². The summed E-state index contributed by atoms with van der Waals surface area (Å²) in [6.07, 6.45) is 3.61. The van der Waals surface area contributed by atoms with Gasteiger partial charge in [-0.2, -0.15) is 5.26 Å². The Bertz CT molecular complexity index is 1110. The van der Waals surface area contributed by atoms with Gasteiger partial charge < -0.3 is 14.9 Å². The van der Waals surface area contributed by atoms with E-state index < -0.39 is 24.0 Å². The van der Waals surface area contributed by atoms with E-state index in [-0.39, 0.29) is 30.0 Å². The number of carbonyl (C=O) groups is 1. The van der Waals surface area contributed by atoms with Gasteiger partial charge in [0.15, 0.2) is 10.7 Å². The van der Waals surface area contributed by atoms with Crippen molar-refractivity contribution in [2.75, 3.05) is 13.2 Å². The molecule has 1 aliphatic rings. The fourth-order valence-electron chi connectivity index (χ4n) is 3.50. The highest BCUT2D eigenvalue weighted by Crippen LogP contribution is 2.41. The topological polar surface area (TPSA) is 137 Å². The molecule has 0 atom stereocenters. The van der Waals surface area contributed by atoms with Crippen LogP contribution in [-0.4, -0.2) is 34.0 Å². The van der Waals surface area contributed by atoms with E-state index in [2.05, 4.69) is 10.2 Å². The molecule has 2 aromatic heterocycles. The van der Waals surface area contributed by atoms with E-state index in [0.29, 0.717) is 10.6 Å². The summed E-state index contributed by atoms with van der Waals surface area (Å²) in [6, 6.07) is 1.85. The zero-order chi connectivity index (χ0) is 21.8. The number of pyridine rings is 1. The molecule has 2 aromatic rings. The fourth-order valence-corrected chi connectivity index (χ4v) is 4.69. The number of azo groups is 1. The molecule has 9 nitrogen and oxygen atoms in total. The normalized spacial score (nSPS) is 13.3. The van der Waals surface area contributed by atoms with Crippen molar-refractivity contribution < 1.29 is 19.7 Å². The summed E-state index contributed by atoms with van der Waals surface area (Å²) in [4.78, 5) is 26.4. The Balaban J connectivity index is 2.14. The van der Waals surface area contributed by atoms with Gasteiger partial charge in [-0.3, -0.25) is 9.36 Å². The van der Waals surface area contributed by atoms with Gasteiger partial charge in [-0.25, -0.2) is 4.79 Å². The van der Waals surface area contributed by atoms with Crippen LogP contribution in [0.1, 0.15) is 51.7 Å². The molecule has 0 fully saturated rings. The molecule has 0 unspecified atom stereocenters. The summed E-state index contributed by atoms with van der Waals surface area (Å²) >= 11 is 1.35. The molecule has 0 saturated carbocycles. The molecular formula is C20H22N4O5S. The van der Waals surface area contributed by atoms with E-state index in [1.807, 2.05) is 6.07 Å². The summed E-state index contributed by atoms with van der Waals surface area (Å²) in [6.45, 7) is 2.86. The van der Waals surface area contributed by atoms with Gasteiger partial charge in [-0.1, -0.05) is 0 Å². The van der Waals surface area contributed by atoms with Crippen LogP contribution in [0.3, 0.4) is 0 Å². The van der Waals surface area contributed by atoms with E-state index in [9.17, 15) is 25.1 Å². The number of fused-ring (bicyclic) bond motifs is 1. The first-order chi connectivity index (χ1) is 14.4. The molecule has 0 bridgehead atoms. The maximum absolute atomic E-state index is 12.7. The molecule has 0 aromatic carbocycles. The Morgan fingerprint density at radius 2 is 2.07 bits per heavy atom. The predicted octanol–water partition coefficient (Wildman–Crippen LogP) is 3.26. The molecule has 1 aliphatic carbocycles. The molecule has 0 saturated heterocycles. The molecular weight excluding hydrogens is 408 g/mol. The maximum atomic E-state index is 12.7. The van der Waals surface area contributed by atoms with Gasteiger partial charge in [-0.15, -0.1) is 21.6 Å². The third kappa shape index (κ3) is 3.86. The number of aromatic hydroxyl groups is 1. The second-order valence-electron chi connectivity index (χ2n) is 6.78.